The van der Waals surface area contributed by atoms with Crippen molar-refractivity contribution in [1.82, 2.24) is 15.2 Å². The minimum absolute atomic E-state index is 0. The van der Waals surface area contributed by atoms with Crippen LogP contribution >= 0.6 is 12.4 Å². The van der Waals surface area contributed by atoms with Gasteiger partial charge in [-0.2, -0.15) is 0 Å². The molecule has 2 amide bonds. The van der Waals surface area contributed by atoms with Crippen molar-refractivity contribution >= 4 is 30.0 Å². The highest BCUT2D eigenvalue weighted by molar-refractivity contribution is 5.94. The van der Waals surface area contributed by atoms with Gasteiger partial charge in [0.25, 0.3) is 5.91 Å². The summed E-state index contributed by atoms with van der Waals surface area (Å²) >= 11 is 0. The lowest BCUT2D eigenvalue weighted by molar-refractivity contribution is -0.119. The van der Waals surface area contributed by atoms with Crippen LogP contribution in [0.25, 0.3) is 0 Å². The molecule has 0 bridgehead atoms. The molecule has 0 unspecified atom stereocenters. The summed E-state index contributed by atoms with van der Waals surface area (Å²) < 4.78 is 0. The molecule has 2 atom stereocenters. The topological polar surface area (TPSA) is 65.5 Å². The van der Waals surface area contributed by atoms with E-state index in [0.29, 0.717) is 17.4 Å². The highest BCUT2D eigenvalue weighted by atomic mass is 35.5. The molecule has 6 nitrogen and oxygen atoms in total. The van der Waals surface area contributed by atoms with Gasteiger partial charge in [0.1, 0.15) is 5.82 Å². The number of rotatable bonds is 4. The molecule has 7 heteroatoms. The van der Waals surface area contributed by atoms with Gasteiger partial charge in [-0.15, -0.1) is 12.4 Å². The first-order chi connectivity index (χ1) is 12.5. The summed E-state index contributed by atoms with van der Waals surface area (Å²) in [5, 5.41) is 3.08. The van der Waals surface area contributed by atoms with Gasteiger partial charge in [-0.25, -0.2) is 4.98 Å². The summed E-state index contributed by atoms with van der Waals surface area (Å²) in [5.41, 5.74) is 0.661. The molecule has 0 aliphatic carbocycles. The molecule has 150 valence electrons. The Bertz CT molecular complexity index is 644. The van der Waals surface area contributed by atoms with E-state index in [2.05, 4.69) is 29.0 Å². The molecule has 0 radical (unpaired) electrons. The van der Waals surface area contributed by atoms with Gasteiger partial charge in [0.2, 0.25) is 5.91 Å². The molecule has 1 N–H and O–H groups in total. The first kappa shape index (κ1) is 21.5. The molecule has 0 aromatic carbocycles. The van der Waals surface area contributed by atoms with E-state index in [1.165, 1.54) is 6.42 Å². The molecular formula is C20H31ClN4O2. The highest BCUT2D eigenvalue weighted by Gasteiger charge is 2.35. The molecule has 1 aromatic heterocycles. The largest absolute Gasteiger partial charge is 0.354 e. The molecule has 27 heavy (non-hydrogen) atoms. The summed E-state index contributed by atoms with van der Waals surface area (Å²) in [6.07, 6.45) is 5.09. The fourth-order valence-corrected chi connectivity index (χ4v) is 4.08. The van der Waals surface area contributed by atoms with E-state index in [1.54, 1.807) is 13.1 Å². The van der Waals surface area contributed by atoms with Crippen molar-refractivity contribution in [1.29, 1.82) is 0 Å². The van der Waals surface area contributed by atoms with Crippen LogP contribution in [0.15, 0.2) is 18.3 Å². The number of likely N-dealkylation sites (tertiary alicyclic amines) is 1. The lowest BCUT2D eigenvalue weighted by atomic mass is 9.91. The number of pyridine rings is 1. The Hall–Kier alpha value is -1.82. The van der Waals surface area contributed by atoms with E-state index in [0.717, 1.165) is 44.8 Å². The average molecular weight is 395 g/mol. The van der Waals surface area contributed by atoms with E-state index in [-0.39, 0.29) is 30.3 Å². The molecule has 2 aliphatic rings. The Morgan fingerprint density at radius 1 is 1.15 bits per heavy atom. The summed E-state index contributed by atoms with van der Waals surface area (Å²) in [6.45, 7) is 9.28. The van der Waals surface area contributed by atoms with Crippen LogP contribution in [0.4, 0.5) is 5.82 Å². The molecule has 2 aliphatic heterocycles. The Kier molecular flexibility index (Phi) is 7.48. The number of piperidine rings is 1. The van der Waals surface area contributed by atoms with Crippen LogP contribution in [0.2, 0.25) is 0 Å². The monoisotopic (exact) mass is 394 g/mol. The van der Waals surface area contributed by atoms with Gasteiger partial charge in [0.15, 0.2) is 0 Å². The molecule has 3 heterocycles. The van der Waals surface area contributed by atoms with Gasteiger partial charge in [-0.05, 0) is 37.3 Å². The number of carbonyl (C=O) groups is 2. The molecule has 2 fully saturated rings. The normalized spacial score (nSPS) is 22.5. The number of nitrogens with zero attached hydrogens (tertiary/aromatic N) is 3. The van der Waals surface area contributed by atoms with Crippen LogP contribution in [0.5, 0.6) is 0 Å². The third-order valence-corrected chi connectivity index (χ3v) is 5.57. The average Bonchev–Trinajstić information content (AvgIpc) is 3.05. The molecule has 0 spiro atoms. The number of halogens is 1. The zero-order chi connectivity index (χ0) is 18.7. The Labute approximate surface area is 168 Å². The first-order valence-electron chi connectivity index (χ1n) is 9.73. The SMILES string of the molecule is CC(=O)N[C@H]1CN(c2ccc(C(=O)N3CCCCC3)cn2)C[C@@H]1C(C)C.Cl. The van der Waals surface area contributed by atoms with Gasteiger partial charge < -0.3 is 15.1 Å². The third-order valence-electron chi connectivity index (χ3n) is 5.57. The lowest BCUT2D eigenvalue weighted by Crippen LogP contribution is -2.40. The quantitative estimate of drug-likeness (QED) is 0.852. The van der Waals surface area contributed by atoms with Gasteiger partial charge in [0, 0.05) is 45.2 Å². The molecule has 1 aromatic rings. The number of amides is 2. The fraction of sp³-hybridized carbons (Fsp3) is 0.650. The van der Waals surface area contributed by atoms with E-state index in [4.69, 9.17) is 0 Å². The maximum absolute atomic E-state index is 12.6. The zero-order valence-corrected chi connectivity index (χ0v) is 17.3. The van der Waals surface area contributed by atoms with Crippen LogP contribution in [0.1, 0.15) is 50.4 Å². The van der Waals surface area contributed by atoms with Gasteiger partial charge in [-0.3, -0.25) is 9.59 Å². The number of carbonyl (C=O) groups excluding carboxylic acids is 2. The van der Waals surface area contributed by atoms with Crippen LogP contribution in [0, 0.1) is 11.8 Å². The minimum Gasteiger partial charge on any atom is -0.354 e. The predicted molar refractivity (Wildman–Crippen MR) is 109 cm³/mol. The van der Waals surface area contributed by atoms with Crippen molar-refractivity contribution in [3.8, 4) is 0 Å². The second-order valence-corrected chi connectivity index (χ2v) is 7.88. The number of aromatic nitrogens is 1. The number of nitrogens with one attached hydrogen (secondary N) is 1. The molecular weight excluding hydrogens is 364 g/mol. The number of anilines is 1. The standard InChI is InChI=1S/C20H30N4O2.ClH/c1-14(2)17-12-24(13-18(17)22-15(3)25)19-8-7-16(11-21-19)20(26)23-9-5-4-6-10-23;/h7-8,11,14,17-18H,4-6,9-10,12-13H2,1-3H3,(H,22,25);1H/t17-,18+;/m1./s1. The molecule has 0 saturated carbocycles. The Balaban J connectivity index is 0.00000261. The van der Waals surface area contributed by atoms with E-state index < -0.39 is 0 Å². The van der Waals surface area contributed by atoms with Crippen molar-refractivity contribution in [2.24, 2.45) is 11.8 Å². The maximum atomic E-state index is 12.6. The van der Waals surface area contributed by atoms with Crippen LogP contribution in [-0.2, 0) is 4.79 Å². The maximum Gasteiger partial charge on any atom is 0.255 e. The van der Waals surface area contributed by atoms with E-state index in [9.17, 15) is 9.59 Å². The van der Waals surface area contributed by atoms with Gasteiger partial charge in [0.05, 0.1) is 11.6 Å². The van der Waals surface area contributed by atoms with Crippen LogP contribution in [-0.4, -0.2) is 53.9 Å². The predicted octanol–water partition coefficient (Wildman–Crippen LogP) is 2.73. The second kappa shape index (κ2) is 9.40. The van der Waals surface area contributed by atoms with E-state index >= 15 is 0 Å². The summed E-state index contributed by atoms with van der Waals surface area (Å²) in [5.74, 6) is 1.85. The lowest BCUT2D eigenvalue weighted by Gasteiger charge is -2.26. The Morgan fingerprint density at radius 2 is 1.85 bits per heavy atom. The van der Waals surface area contributed by atoms with Crippen molar-refractivity contribution in [3.63, 3.8) is 0 Å². The third kappa shape index (κ3) is 5.12. The van der Waals surface area contributed by atoms with Crippen molar-refractivity contribution in [2.45, 2.75) is 46.1 Å². The zero-order valence-electron chi connectivity index (χ0n) is 16.5. The summed E-state index contributed by atoms with van der Waals surface area (Å²) in [7, 11) is 0. The first-order valence-corrected chi connectivity index (χ1v) is 9.73. The van der Waals surface area contributed by atoms with Crippen molar-refractivity contribution in [2.75, 3.05) is 31.1 Å². The van der Waals surface area contributed by atoms with Crippen molar-refractivity contribution < 1.29 is 9.59 Å². The molecule has 3 rings (SSSR count). The smallest absolute Gasteiger partial charge is 0.255 e. The summed E-state index contributed by atoms with van der Waals surface area (Å²) in [4.78, 5) is 32.8. The minimum atomic E-state index is 0. The fourth-order valence-electron chi connectivity index (χ4n) is 4.08. The Morgan fingerprint density at radius 3 is 2.41 bits per heavy atom. The second-order valence-electron chi connectivity index (χ2n) is 7.88. The van der Waals surface area contributed by atoms with Gasteiger partial charge >= 0.3 is 0 Å². The van der Waals surface area contributed by atoms with E-state index in [1.807, 2.05) is 17.0 Å². The number of hydrogen-bond acceptors (Lipinski definition) is 4. The van der Waals surface area contributed by atoms with Crippen LogP contribution in [0.3, 0.4) is 0 Å². The van der Waals surface area contributed by atoms with Crippen LogP contribution < -0.4 is 10.2 Å². The number of hydrogen-bond donors (Lipinski definition) is 1. The van der Waals surface area contributed by atoms with Gasteiger partial charge in [-0.1, -0.05) is 13.8 Å². The summed E-state index contributed by atoms with van der Waals surface area (Å²) in [6, 6.07) is 3.96. The van der Waals surface area contributed by atoms with Crippen molar-refractivity contribution in [3.05, 3.63) is 23.9 Å². The molecule has 2 saturated heterocycles. The highest BCUT2D eigenvalue weighted by Crippen LogP contribution is 2.28.